The standard InChI is InChI=1S/C16H23ClN4O2.2ClH/c1-18-8-2-3-15(22)21-9-6-12(7-10-21)16(23)20-14-5-4-13(17)11-19-14;;/h4-5,11-12,18H,2-3,6-10H2,1H3,(H,19,20,23);2*1H. The van der Waals surface area contributed by atoms with Crippen molar-refractivity contribution in [3.8, 4) is 0 Å². The number of anilines is 1. The van der Waals surface area contributed by atoms with Gasteiger partial charge in [-0.2, -0.15) is 0 Å². The highest BCUT2D eigenvalue weighted by atomic mass is 35.5. The van der Waals surface area contributed by atoms with Crippen LogP contribution in [0.4, 0.5) is 5.82 Å². The van der Waals surface area contributed by atoms with Gasteiger partial charge in [-0.1, -0.05) is 11.6 Å². The molecule has 0 aromatic carbocycles. The van der Waals surface area contributed by atoms with Gasteiger partial charge in [0.15, 0.2) is 0 Å². The summed E-state index contributed by atoms with van der Waals surface area (Å²) >= 11 is 5.77. The highest BCUT2D eigenvalue weighted by Gasteiger charge is 2.27. The molecule has 142 valence electrons. The summed E-state index contributed by atoms with van der Waals surface area (Å²) in [4.78, 5) is 30.2. The normalized spacial score (nSPS) is 14.2. The third kappa shape index (κ3) is 7.77. The number of hydrogen-bond acceptors (Lipinski definition) is 4. The summed E-state index contributed by atoms with van der Waals surface area (Å²) in [5, 5.41) is 6.38. The van der Waals surface area contributed by atoms with Gasteiger partial charge in [-0.25, -0.2) is 4.98 Å². The van der Waals surface area contributed by atoms with Crippen LogP contribution in [-0.4, -0.2) is 48.4 Å². The molecule has 25 heavy (non-hydrogen) atoms. The van der Waals surface area contributed by atoms with Gasteiger partial charge in [0.05, 0.1) is 5.02 Å². The number of carbonyl (C=O) groups is 2. The number of piperidine rings is 1. The number of carbonyl (C=O) groups excluding carboxylic acids is 2. The molecule has 0 radical (unpaired) electrons. The molecule has 2 amide bonds. The second kappa shape index (κ2) is 12.3. The van der Waals surface area contributed by atoms with Gasteiger partial charge < -0.3 is 15.5 Å². The lowest BCUT2D eigenvalue weighted by Gasteiger charge is -2.31. The molecular weight excluding hydrogens is 387 g/mol. The van der Waals surface area contributed by atoms with Gasteiger partial charge in [0.2, 0.25) is 11.8 Å². The van der Waals surface area contributed by atoms with E-state index < -0.39 is 0 Å². The number of rotatable bonds is 6. The van der Waals surface area contributed by atoms with E-state index in [2.05, 4.69) is 15.6 Å². The second-order valence-corrected chi connectivity index (χ2v) is 6.15. The van der Waals surface area contributed by atoms with Crippen LogP contribution in [-0.2, 0) is 9.59 Å². The second-order valence-electron chi connectivity index (χ2n) is 5.71. The Morgan fingerprint density at radius 3 is 2.52 bits per heavy atom. The molecule has 1 aliphatic rings. The number of hydrogen-bond donors (Lipinski definition) is 2. The van der Waals surface area contributed by atoms with Crippen molar-refractivity contribution in [1.29, 1.82) is 0 Å². The zero-order valence-corrected chi connectivity index (χ0v) is 16.6. The topological polar surface area (TPSA) is 74.3 Å². The Bertz CT molecular complexity index is 535. The largest absolute Gasteiger partial charge is 0.343 e. The molecule has 2 rings (SSSR count). The predicted molar refractivity (Wildman–Crippen MR) is 105 cm³/mol. The first-order chi connectivity index (χ1) is 11.1. The number of aromatic nitrogens is 1. The fourth-order valence-corrected chi connectivity index (χ4v) is 2.76. The fourth-order valence-electron chi connectivity index (χ4n) is 2.64. The number of likely N-dealkylation sites (tertiary alicyclic amines) is 1. The summed E-state index contributed by atoms with van der Waals surface area (Å²) in [5.41, 5.74) is 0. The summed E-state index contributed by atoms with van der Waals surface area (Å²) in [7, 11) is 1.88. The molecule has 0 saturated carbocycles. The van der Waals surface area contributed by atoms with Crippen LogP contribution in [0.5, 0.6) is 0 Å². The van der Waals surface area contributed by atoms with Crippen molar-refractivity contribution in [2.45, 2.75) is 25.7 Å². The molecule has 0 atom stereocenters. The average molecular weight is 412 g/mol. The summed E-state index contributed by atoms with van der Waals surface area (Å²) in [5.74, 6) is 0.569. The number of amides is 2. The van der Waals surface area contributed by atoms with Crippen LogP contribution < -0.4 is 10.6 Å². The van der Waals surface area contributed by atoms with Crippen molar-refractivity contribution in [2.24, 2.45) is 5.92 Å². The first-order valence-corrected chi connectivity index (χ1v) is 8.32. The summed E-state index contributed by atoms with van der Waals surface area (Å²) < 4.78 is 0. The molecule has 2 heterocycles. The SMILES string of the molecule is CNCCCC(=O)N1CCC(C(=O)Nc2ccc(Cl)cn2)CC1.Cl.Cl. The highest BCUT2D eigenvalue weighted by molar-refractivity contribution is 6.30. The van der Waals surface area contributed by atoms with Crippen molar-refractivity contribution in [2.75, 3.05) is 32.0 Å². The maximum Gasteiger partial charge on any atom is 0.228 e. The maximum atomic E-state index is 12.2. The van der Waals surface area contributed by atoms with E-state index in [1.165, 1.54) is 6.20 Å². The van der Waals surface area contributed by atoms with Crippen molar-refractivity contribution in [3.05, 3.63) is 23.4 Å². The van der Waals surface area contributed by atoms with E-state index in [1.807, 2.05) is 11.9 Å². The third-order valence-electron chi connectivity index (χ3n) is 4.01. The quantitative estimate of drug-likeness (QED) is 0.706. The lowest BCUT2D eigenvalue weighted by Crippen LogP contribution is -2.41. The van der Waals surface area contributed by atoms with Crippen LogP contribution in [0.25, 0.3) is 0 Å². The van der Waals surface area contributed by atoms with Gasteiger partial charge in [-0.05, 0) is 45.0 Å². The summed E-state index contributed by atoms with van der Waals surface area (Å²) in [6, 6.07) is 3.37. The molecule has 1 aromatic heterocycles. The molecular formula is C16H25Cl3N4O2. The molecule has 1 saturated heterocycles. The Kier molecular flexibility index (Phi) is 11.8. The summed E-state index contributed by atoms with van der Waals surface area (Å²) in [6.45, 7) is 2.13. The van der Waals surface area contributed by atoms with Crippen molar-refractivity contribution in [3.63, 3.8) is 0 Å². The van der Waals surface area contributed by atoms with E-state index in [1.54, 1.807) is 12.1 Å². The lowest BCUT2D eigenvalue weighted by molar-refractivity contribution is -0.134. The molecule has 0 spiro atoms. The van der Waals surface area contributed by atoms with Crippen LogP contribution in [0.15, 0.2) is 18.3 Å². The van der Waals surface area contributed by atoms with Crippen LogP contribution in [0.2, 0.25) is 5.02 Å². The first kappa shape index (κ1) is 23.9. The van der Waals surface area contributed by atoms with Gasteiger partial charge in [-0.3, -0.25) is 9.59 Å². The highest BCUT2D eigenvalue weighted by Crippen LogP contribution is 2.20. The average Bonchev–Trinajstić information content (AvgIpc) is 2.57. The van der Waals surface area contributed by atoms with Crippen LogP contribution >= 0.6 is 36.4 Å². The number of pyridine rings is 1. The maximum absolute atomic E-state index is 12.2. The van der Waals surface area contributed by atoms with E-state index >= 15 is 0 Å². The molecule has 2 N–H and O–H groups in total. The summed E-state index contributed by atoms with van der Waals surface area (Å²) in [6.07, 6.45) is 4.29. The molecule has 9 heteroatoms. The van der Waals surface area contributed by atoms with Crippen molar-refractivity contribution >= 4 is 54.0 Å². The van der Waals surface area contributed by atoms with E-state index in [4.69, 9.17) is 11.6 Å². The monoisotopic (exact) mass is 410 g/mol. The molecule has 6 nitrogen and oxygen atoms in total. The smallest absolute Gasteiger partial charge is 0.228 e. The molecule has 0 unspecified atom stereocenters. The number of nitrogens with zero attached hydrogens (tertiary/aromatic N) is 2. The minimum atomic E-state index is -0.0752. The van der Waals surface area contributed by atoms with Crippen LogP contribution in [0, 0.1) is 5.92 Å². The van der Waals surface area contributed by atoms with E-state index in [0.717, 1.165) is 13.0 Å². The molecule has 0 aliphatic carbocycles. The fraction of sp³-hybridized carbons (Fsp3) is 0.562. The number of nitrogens with one attached hydrogen (secondary N) is 2. The zero-order valence-electron chi connectivity index (χ0n) is 14.2. The van der Waals surface area contributed by atoms with Crippen LogP contribution in [0.1, 0.15) is 25.7 Å². The van der Waals surface area contributed by atoms with Gasteiger partial charge in [0.1, 0.15) is 5.82 Å². The van der Waals surface area contributed by atoms with Gasteiger partial charge in [0, 0.05) is 31.6 Å². The van der Waals surface area contributed by atoms with Gasteiger partial charge >= 0.3 is 0 Å². The molecule has 1 fully saturated rings. The minimum absolute atomic E-state index is 0. The molecule has 1 aliphatic heterocycles. The van der Waals surface area contributed by atoms with Crippen LogP contribution in [0.3, 0.4) is 0 Å². The third-order valence-corrected chi connectivity index (χ3v) is 4.24. The van der Waals surface area contributed by atoms with E-state index in [9.17, 15) is 9.59 Å². The first-order valence-electron chi connectivity index (χ1n) is 7.95. The Labute approximate surface area is 165 Å². The van der Waals surface area contributed by atoms with Gasteiger partial charge in [-0.15, -0.1) is 24.8 Å². The molecule has 1 aromatic rings. The Morgan fingerprint density at radius 1 is 1.28 bits per heavy atom. The number of halogens is 3. The zero-order chi connectivity index (χ0) is 16.7. The minimum Gasteiger partial charge on any atom is -0.343 e. The van der Waals surface area contributed by atoms with E-state index in [-0.39, 0.29) is 42.5 Å². The predicted octanol–water partition coefficient (Wildman–Crippen LogP) is 2.76. The van der Waals surface area contributed by atoms with Crippen molar-refractivity contribution in [1.82, 2.24) is 15.2 Å². The van der Waals surface area contributed by atoms with E-state index in [0.29, 0.717) is 43.2 Å². The Hall–Kier alpha value is -1.08. The molecule has 0 bridgehead atoms. The van der Waals surface area contributed by atoms with Gasteiger partial charge in [0.25, 0.3) is 0 Å². The Morgan fingerprint density at radius 2 is 1.96 bits per heavy atom. The Balaban J connectivity index is 0.00000288. The van der Waals surface area contributed by atoms with Crippen molar-refractivity contribution < 1.29 is 9.59 Å². The lowest BCUT2D eigenvalue weighted by atomic mass is 9.95.